The molecule has 0 aliphatic rings. The van der Waals surface area contributed by atoms with Crippen LogP contribution in [0.1, 0.15) is 33.1 Å². The van der Waals surface area contributed by atoms with Gasteiger partial charge in [-0.1, -0.05) is 11.6 Å². The maximum atomic E-state index is 11.7. The molecule has 0 aromatic rings. The number of hydrogen-bond acceptors (Lipinski definition) is 4. The molecule has 2 N–H and O–H groups in total. The summed E-state index contributed by atoms with van der Waals surface area (Å²) in [5.74, 6) is 0. The van der Waals surface area contributed by atoms with E-state index in [0.717, 1.165) is 11.8 Å². The number of rotatable bonds is 7. The van der Waals surface area contributed by atoms with E-state index < -0.39 is 21.2 Å². The van der Waals surface area contributed by atoms with Crippen molar-refractivity contribution in [3.63, 3.8) is 0 Å². The second kappa shape index (κ2) is 6.37. The summed E-state index contributed by atoms with van der Waals surface area (Å²) >= 11 is 0. The van der Waals surface area contributed by atoms with Gasteiger partial charge in [-0.2, -0.15) is 0 Å². The number of hydrogen-bond donors (Lipinski definition) is 2. The van der Waals surface area contributed by atoms with Crippen molar-refractivity contribution < 1.29 is 18.6 Å². The molecule has 0 aliphatic heterocycles. The Balaban J connectivity index is 4.86. The quantitative estimate of drug-likeness (QED) is 0.658. The van der Waals surface area contributed by atoms with Gasteiger partial charge in [-0.05, 0) is 33.1 Å². The van der Waals surface area contributed by atoms with Gasteiger partial charge >= 0.3 is 0 Å². The van der Waals surface area contributed by atoms with Crippen molar-refractivity contribution in [1.29, 1.82) is 0 Å². The summed E-state index contributed by atoms with van der Waals surface area (Å²) in [5, 5.41) is 18.2. The minimum Gasteiger partial charge on any atom is -0.396 e. The van der Waals surface area contributed by atoms with Crippen LogP contribution in [0.5, 0.6) is 0 Å². The molecule has 0 heterocycles. The monoisotopic (exact) mass is 250 g/mol. The molecule has 0 spiro atoms. The van der Waals surface area contributed by atoms with Crippen molar-refractivity contribution >= 4 is 9.84 Å². The van der Waals surface area contributed by atoms with Crippen LogP contribution in [0.25, 0.3) is 0 Å². The van der Waals surface area contributed by atoms with Crippen molar-refractivity contribution in [2.45, 2.75) is 37.9 Å². The third-order valence-corrected chi connectivity index (χ3v) is 4.91. The van der Waals surface area contributed by atoms with Crippen molar-refractivity contribution in [1.82, 2.24) is 0 Å². The third kappa shape index (κ3) is 4.23. The van der Waals surface area contributed by atoms with Crippen LogP contribution in [0.3, 0.4) is 0 Å². The molecular weight excluding hydrogens is 228 g/mol. The zero-order valence-electron chi connectivity index (χ0n) is 10.2. The fourth-order valence-corrected chi connectivity index (χ4v) is 2.78. The molecule has 0 saturated carbocycles. The highest BCUT2D eigenvalue weighted by molar-refractivity contribution is 7.92. The first-order valence-corrected chi connectivity index (χ1v) is 7.23. The maximum absolute atomic E-state index is 11.7. The van der Waals surface area contributed by atoms with E-state index in [-0.39, 0.29) is 13.0 Å². The van der Waals surface area contributed by atoms with Gasteiger partial charge in [-0.25, -0.2) is 8.42 Å². The molecule has 0 fully saturated rings. The molecule has 5 heteroatoms. The summed E-state index contributed by atoms with van der Waals surface area (Å²) in [6, 6.07) is 0. The van der Waals surface area contributed by atoms with E-state index in [4.69, 9.17) is 5.11 Å². The smallest absolute Gasteiger partial charge is 0.155 e. The largest absolute Gasteiger partial charge is 0.396 e. The highest BCUT2D eigenvalue weighted by atomic mass is 32.2. The zero-order valence-corrected chi connectivity index (χ0v) is 11.0. The Morgan fingerprint density at radius 2 is 1.81 bits per heavy atom. The molecule has 0 saturated heterocycles. The van der Waals surface area contributed by atoms with Crippen LogP contribution < -0.4 is 0 Å². The van der Waals surface area contributed by atoms with Crippen LogP contribution in [0.4, 0.5) is 0 Å². The molecule has 96 valence electrons. The summed E-state index contributed by atoms with van der Waals surface area (Å²) in [4.78, 5) is 0. The van der Waals surface area contributed by atoms with Crippen molar-refractivity contribution in [2.75, 3.05) is 19.5 Å². The number of allylic oxidation sites excluding steroid dienone is 2. The van der Waals surface area contributed by atoms with Crippen LogP contribution >= 0.6 is 0 Å². The molecule has 0 aromatic carbocycles. The van der Waals surface area contributed by atoms with Crippen molar-refractivity contribution in [3.05, 3.63) is 11.6 Å². The van der Waals surface area contributed by atoms with E-state index in [0.29, 0.717) is 12.8 Å². The SMILES string of the molecule is CC(C)=CCCC(CO)(CCO)S(C)(=O)=O. The maximum Gasteiger partial charge on any atom is 0.155 e. The lowest BCUT2D eigenvalue weighted by molar-refractivity contribution is 0.191. The van der Waals surface area contributed by atoms with Gasteiger partial charge in [0, 0.05) is 12.9 Å². The standard InChI is InChI=1S/C11H22O4S/c1-10(2)5-4-6-11(9-13,7-8-12)16(3,14)15/h5,12-13H,4,6-9H2,1-3H3. The molecular formula is C11H22O4S. The van der Waals surface area contributed by atoms with E-state index in [1.807, 2.05) is 19.9 Å². The lowest BCUT2D eigenvalue weighted by Gasteiger charge is -2.28. The van der Waals surface area contributed by atoms with Crippen LogP contribution in [0, 0.1) is 0 Å². The first-order valence-electron chi connectivity index (χ1n) is 5.34. The predicted octanol–water partition coefficient (Wildman–Crippen LogP) is 0.891. The molecule has 16 heavy (non-hydrogen) atoms. The Morgan fingerprint density at radius 1 is 1.25 bits per heavy atom. The normalized spacial score (nSPS) is 15.6. The molecule has 0 aliphatic carbocycles. The molecule has 4 nitrogen and oxygen atoms in total. The van der Waals surface area contributed by atoms with Gasteiger partial charge in [-0.3, -0.25) is 0 Å². The van der Waals surface area contributed by atoms with Gasteiger partial charge in [-0.15, -0.1) is 0 Å². The van der Waals surface area contributed by atoms with Gasteiger partial charge in [0.05, 0.1) is 11.4 Å². The first-order chi connectivity index (χ1) is 7.29. The summed E-state index contributed by atoms with van der Waals surface area (Å²) in [5.41, 5.74) is 1.12. The highest BCUT2D eigenvalue weighted by Crippen LogP contribution is 2.27. The topological polar surface area (TPSA) is 74.6 Å². The fourth-order valence-electron chi connectivity index (χ4n) is 1.60. The minimum absolute atomic E-state index is 0.0823. The number of aliphatic hydroxyl groups excluding tert-OH is 2. The summed E-state index contributed by atoms with van der Waals surface area (Å²) in [6.07, 6.45) is 4.07. The van der Waals surface area contributed by atoms with Gasteiger partial charge in [0.15, 0.2) is 9.84 Å². The second-order valence-corrected chi connectivity index (χ2v) is 6.82. The minimum atomic E-state index is -3.38. The van der Waals surface area contributed by atoms with Crippen LogP contribution in [0.15, 0.2) is 11.6 Å². The van der Waals surface area contributed by atoms with E-state index in [1.54, 1.807) is 0 Å². The van der Waals surface area contributed by atoms with E-state index in [9.17, 15) is 13.5 Å². The molecule has 0 amide bonds. The Kier molecular flexibility index (Phi) is 6.22. The van der Waals surface area contributed by atoms with Gasteiger partial charge in [0.25, 0.3) is 0 Å². The Morgan fingerprint density at radius 3 is 2.12 bits per heavy atom. The van der Waals surface area contributed by atoms with Crippen LogP contribution in [0.2, 0.25) is 0 Å². The number of sulfone groups is 1. The molecule has 0 radical (unpaired) electrons. The molecule has 0 bridgehead atoms. The average Bonchev–Trinajstić information content (AvgIpc) is 2.14. The Labute approximate surface area is 97.9 Å². The Bertz CT molecular complexity index is 328. The summed E-state index contributed by atoms with van der Waals surface area (Å²) in [7, 11) is -3.38. The summed E-state index contributed by atoms with van der Waals surface area (Å²) in [6.45, 7) is 3.20. The van der Waals surface area contributed by atoms with Crippen molar-refractivity contribution in [3.8, 4) is 0 Å². The fraction of sp³-hybridized carbons (Fsp3) is 0.818. The lowest BCUT2D eigenvalue weighted by Crippen LogP contribution is -2.42. The van der Waals surface area contributed by atoms with Gasteiger partial charge < -0.3 is 10.2 Å². The zero-order chi connectivity index (χ0) is 12.8. The third-order valence-electron chi connectivity index (χ3n) is 2.79. The average molecular weight is 250 g/mol. The first kappa shape index (κ1) is 15.6. The molecule has 0 aromatic heterocycles. The van der Waals surface area contributed by atoms with E-state index >= 15 is 0 Å². The molecule has 1 atom stereocenters. The number of aliphatic hydroxyl groups is 2. The molecule has 0 rings (SSSR count). The lowest BCUT2D eigenvalue weighted by atomic mass is 9.99. The van der Waals surface area contributed by atoms with E-state index in [1.165, 1.54) is 0 Å². The Hall–Kier alpha value is -0.390. The van der Waals surface area contributed by atoms with Gasteiger partial charge in [0.2, 0.25) is 0 Å². The van der Waals surface area contributed by atoms with Gasteiger partial charge in [0.1, 0.15) is 0 Å². The van der Waals surface area contributed by atoms with Crippen LogP contribution in [-0.2, 0) is 9.84 Å². The van der Waals surface area contributed by atoms with Crippen molar-refractivity contribution in [2.24, 2.45) is 0 Å². The highest BCUT2D eigenvalue weighted by Gasteiger charge is 2.38. The second-order valence-electron chi connectivity index (χ2n) is 4.41. The predicted molar refractivity (Wildman–Crippen MR) is 65.0 cm³/mol. The summed E-state index contributed by atoms with van der Waals surface area (Å²) < 4.78 is 22.1. The van der Waals surface area contributed by atoms with E-state index in [2.05, 4.69) is 0 Å². The molecule has 1 unspecified atom stereocenters. The van der Waals surface area contributed by atoms with Crippen LogP contribution in [-0.4, -0.2) is 42.8 Å².